The number of aliphatic imine (C=N–C) groups is 1. The van der Waals surface area contributed by atoms with Crippen LogP contribution in [0.15, 0.2) is 4.99 Å². The van der Waals surface area contributed by atoms with E-state index in [4.69, 9.17) is 4.74 Å². The third-order valence-electron chi connectivity index (χ3n) is 2.85. The Balaban J connectivity index is 4.24. The van der Waals surface area contributed by atoms with Crippen molar-refractivity contribution in [2.45, 2.75) is 65.5 Å². The number of alkyl carbamates (subject to hydrolysis) is 1. The molecule has 4 N–H and O–H groups in total. The van der Waals surface area contributed by atoms with Crippen LogP contribution in [0.1, 0.15) is 53.9 Å². The van der Waals surface area contributed by atoms with Gasteiger partial charge in [-0.05, 0) is 53.9 Å². The molecule has 140 valence electrons. The minimum atomic E-state index is -1.06. The molecular weight excluding hydrogens is 312 g/mol. The summed E-state index contributed by atoms with van der Waals surface area (Å²) in [5, 5.41) is 17.8. The number of ether oxygens (including phenoxy) is 1. The number of nitrogens with zero attached hydrogens (tertiary/aromatic N) is 1. The Hall–Kier alpha value is -1.99. The number of guanidine groups is 1. The van der Waals surface area contributed by atoms with Crippen LogP contribution in [-0.4, -0.2) is 54.4 Å². The molecule has 1 unspecified atom stereocenters. The van der Waals surface area contributed by atoms with Gasteiger partial charge in [0.1, 0.15) is 11.6 Å². The predicted octanol–water partition coefficient (Wildman–Crippen LogP) is 1.71. The molecule has 0 aliphatic carbocycles. The van der Waals surface area contributed by atoms with Crippen LogP contribution in [-0.2, 0) is 9.53 Å². The maximum absolute atomic E-state index is 11.7. The normalized spacial score (nSPS) is 12.0. The van der Waals surface area contributed by atoms with Gasteiger partial charge in [0, 0.05) is 19.6 Å². The van der Waals surface area contributed by atoms with Crippen molar-refractivity contribution < 1.29 is 19.4 Å². The second-order valence-corrected chi connectivity index (χ2v) is 6.32. The summed E-state index contributed by atoms with van der Waals surface area (Å²) in [6, 6.07) is -0.953. The lowest BCUT2D eigenvalue weighted by Gasteiger charge is -2.22. The molecule has 24 heavy (non-hydrogen) atoms. The summed E-state index contributed by atoms with van der Waals surface area (Å²) in [5.41, 5.74) is -0.656. The van der Waals surface area contributed by atoms with Crippen molar-refractivity contribution in [1.82, 2.24) is 16.0 Å². The molecule has 0 radical (unpaired) electrons. The summed E-state index contributed by atoms with van der Waals surface area (Å²) < 4.78 is 5.08. The van der Waals surface area contributed by atoms with E-state index in [2.05, 4.69) is 20.9 Å². The van der Waals surface area contributed by atoms with Crippen LogP contribution in [0, 0.1) is 0 Å². The Kier molecular flexibility index (Phi) is 10.6. The summed E-state index contributed by atoms with van der Waals surface area (Å²) in [6.45, 7) is 11.3. The zero-order chi connectivity index (χ0) is 18.6. The molecular formula is C16H32N4O4. The molecule has 0 saturated heterocycles. The number of nitrogens with one attached hydrogen (secondary N) is 3. The van der Waals surface area contributed by atoms with Crippen molar-refractivity contribution in [1.29, 1.82) is 0 Å². The number of amides is 1. The second-order valence-electron chi connectivity index (χ2n) is 6.32. The number of unbranched alkanes of at least 4 members (excludes halogenated alkanes) is 1. The number of carboxylic acids is 1. The Morgan fingerprint density at radius 2 is 1.71 bits per heavy atom. The Morgan fingerprint density at radius 1 is 1.12 bits per heavy atom. The molecule has 1 atom stereocenters. The molecule has 0 spiro atoms. The van der Waals surface area contributed by atoms with E-state index in [1.54, 1.807) is 20.8 Å². The average molecular weight is 344 g/mol. The van der Waals surface area contributed by atoms with E-state index in [9.17, 15) is 14.7 Å². The molecule has 8 nitrogen and oxygen atoms in total. The summed E-state index contributed by atoms with van der Waals surface area (Å²) in [6.07, 6.45) is 0.999. The van der Waals surface area contributed by atoms with Crippen LogP contribution in [0.2, 0.25) is 0 Å². The van der Waals surface area contributed by atoms with Gasteiger partial charge in [0.05, 0.1) is 0 Å². The lowest BCUT2D eigenvalue weighted by atomic mass is 10.1. The summed E-state index contributed by atoms with van der Waals surface area (Å²) in [4.78, 5) is 27.3. The first-order valence-corrected chi connectivity index (χ1v) is 8.44. The van der Waals surface area contributed by atoms with Crippen LogP contribution in [0.4, 0.5) is 4.79 Å². The molecule has 0 aromatic carbocycles. The van der Waals surface area contributed by atoms with Crippen LogP contribution in [0.25, 0.3) is 0 Å². The number of carbonyl (C=O) groups is 2. The summed E-state index contributed by atoms with van der Waals surface area (Å²) >= 11 is 0. The minimum Gasteiger partial charge on any atom is -0.480 e. The highest BCUT2D eigenvalue weighted by Gasteiger charge is 2.23. The van der Waals surface area contributed by atoms with E-state index in [0.717, 1.165) is 25.5 Å². The average Bonchev–Trinajstić information content (AvgIpc) is 2.43. The summed E-state index contributed by atoms with van der Waals surface area (Å²) in [5.74, 6) is -0.313. The van der Waals surface area contributed by atoms with E-state index < -0.39 is 23.7 Å². The zero-order valence-electron chi connectivity index (χ0n) is 15.4. The predicted molar refractivity (Wildman–Crippen MR) is 94.3 cm³/mol. The highest BCUT2D eigenvalue weighted by molar-refractivity contribution is 5.80. The number of aliphatic carboxylic acids is 1. The minimum absolute atomic E-state index is 0.335. The van der Waals surface area contributed by atoms with E-state index >= 15 is 0 Å². The fourth-order valence-corrected chi connectivity index (χ4v) is 1.87. The van der Waals surface area contributed by atoms with Crippen LogP contribution < -0.4 is 16.0 Å². The van der Waals surface area contributed by atoms with Crippen LogP contribution in [0.5, 0.6) is 0 Å². The zero-order valence-corrected chi connectivity index (χ0v) is 15.4. The van der Waals surface area contributed by atoms with Gasteiger partial charge >= 0.3 is 12.1 Å². The largest absolute Gasteiger partial charge is 0.480 e. The van der Waals surface area contributed by atoms with E-state index in [-0.39, 0.29) is 0 Å². The van der Waals surface area contributed by atoms with Crippen molar-refractivity contribution in [3.8, 4) is 0 Å². The van der Waals surface area contributed by atoms with Gasteiger partial charge in [-0.2, -0.15) is 0 Å². The Labute approximate surface area is 144 Å². The van der Waals surface area contributed by atoms with Gasteiger partial charge in [0.25, 0.3) is 0 Å². The van der Waals surface area contributed by atoms with Gasteiger partial charge in [0.15, 0.2) is 5.96 Å². The molecule has 0 bridgehead atoms. The van der Waals surface area contributed by atoms with Gasteiger partial charge in [-0.25, -0.2) is 9.59 Å². The van der Waals surface area contributed by atoms with Crippen molar-refractivity contribution in [2.24, 2.45) is 4.99 Å². The highest BCUT2D eigenvalue weighted by Crippen LogP contribution is 2.08. The molecule has 0 heterocycles. The third-order valence-corrected chi connectivity index (χ3v) is 2.85. The fraction of sp³-hybridized carbons (Fsp3) is 0.812. The third kappa shape index (κ3) is 11.6. The molecule has 0 aliphatic heterocycles. The topological polar surface area (TPSA) is 112 Å². The first-order chi connectivity index (χ1) is 11.2. The fourth-order valence-electron chi connectivity index (χ4n) is 1.87. The monoisotopic (exact) mass is 344 g/mol. The molecule has 0 rings (SSSR count). The van der Waals surface area contributed by atoms with Crippen LogP contribution in [0.3, 0.4) is 0 Å². The standard InChI is InChI=1S/C16H32N4O4/c1-6-17-14(18-7-2)19-11-9-8-10-12(13(21)22)20-15(23)24-16(3,4)5/h12H,6-11H2,1-5H3,(H,20,23)(H,21,22)(H2,17,18,19). The van der Waals surface area contributed by atoms with Crippen molar-refractivity contribution in [3.63, 3.8) is 0 Å². The number of carbonyl (C=O) groups excluding carboxylic acids is 1. The van der Waals surface area contributed by atoms with Crippen molar-refractivity contribution >= 4 is 18.0 Å². The first-order valence-electron chi connectivity index (χ1n) is 8.44. The first kappa shape index (κ1) is 22.0. The van der Waals surface area contributed by atoms with Gasteiger partial charge in [0.2, 0.25) is 0 Å². The maximum atomic E-state index is 11.7. The molecule has 0 fully saturated rings. The molecule has 0 aliphatic rings. The van der Waals surface area contributed by atoms with Gasteiger partial charge in [-0.15, -0.1) is 0 Å². The smallest absolute Gasteiger partial charge is 0.408 e. The number of hydrogen-bond donors (Lipinski definition) is 4. The number of carboxylic acid groups (broad SMARTS) is 1. The second kappa shape index (κ2) is 11.5. The molecule has 1 amide bonds. The van der Waals surface area contributed by atoms with Crippen molar-refractivity contribution in [3.05, 3.63) is 0 Å². The SMILES string of the molecule is CCNC(=NCCCCC(NC(=O)OC(C)(C)C)C(=O)O)NCC. The van der Waals surface area contributed by atoms with Crippen LogP contribution >= 0.6 is 0 Å². The molecule has 0 aromatic heterocycles. The number of hydrogen-bond acceptors (Lipinski definition) is 4. The van der Waals surface area contributed by atoms with E-state index in [1.807, 2.05) is 13.8 Å². The molecule has 8 heteroatoms. The molecule has 0 aromatic rings. The Morgan fingerprint density at radius 3 is 2.17 bits per heavy atom. The van der Waals surface area contributed by atoms with Gasteiger partial charge < -0.3 is 25.8 Å². The Bertz CT molecular complexity index is 411. The summed E-state index contributed by atoms with van der Waals surface area (Å²) in [7, 11) is 0. The van der Waals surface area contributed by atoms with Gasteiger partial charge in [-0.1, -0.05) is 0 Å². The number of rotatable bonds is 9. The lowest BCUT2D eigenvalue weighted by molar-refractivity contribution is -0.139. The van der Waals surface area contributed by atoms with E-state index in [1.165, 1.54) is 0 Å². The quantitative estimate of drug-likeness (QED) is 0.288. The highest BCUT2D eigenvalue weighted by atomic mass is 16.6. The maximum Gasteiger partial charge on any atom is 0.408 e. The van der Waals surface area contributed by atoms with Crippen molar-refractivity contribution in [2.75, 3.05) is 19.6 Å². The molecule has 0 saturated carbocycles. The van der Waals surface area contributed by atoms with E-state index in [0.29, 0.717) is 19.4 Å². The van der Waals surface area contributed by atoms with Gasteiger partial charge in [-0.3, -0.25) is 4.99 Å². The lowest BCUT2D eigenvalue weighted by Crippen LogP contribution is -2.43.